The van der Waals surface area contributed by atoms with Gasteiger partial charge in [-0.3, -0.25) is 0 Å². The first-order valence-corrected chi connectivity index (χ1v) is 7.46. The summed E-state index contributed by atoms with van der Waals surface area (Å²) in [7, 11) is -7.14. The van der Waals surface area contributed by atoms with E-state index in [1.165, 1.54) is 12.1 Å². The summed E-state index contributed by atoms with van der Waals surface area (Å²) in [6, 6.07) is 4.39. The van der Waals surface area contributed by atoms with Gasteiger partial charge in [-0.1, -0.05) is 28.3 Å². The Morgan fingerprint density at radius 2 is 2.11 bits per heavy atom. The van der Waals surface area contributed by atoms with E-state index in [1.807, 2.05) is 0 Å². The first-order chi connectivity index (χ1) is 8.38. The Balaban J connectivity index is 3.01. The molecule has 0 aromatic heterocycles. The van der Waals surface area contributed by atoms with Gasteiger partial charge in [0.15, 0.2) is 0 Å². The minimum Gasteiger partial charge on any atom is -0.326 e. The van der Waals surface area contributed by atoms with Crippen LogP contribution in [0.1, 0.15) is 5.56 Å². The molecule has 100 valence electrons. The van der Waals surface area contributed by atoms with Gasteiger partial charge in [-0.05, 0) is 11.6 Å². The van der Waals surface area contributed by atoms with Gasteiger partial charge in [-0.15, -0.1) is 4.89 Å². The molecule has 0 heterocycles. The van der Waals surface area contributed by atoms with Crippen LogP contribution in [0.15, 0.2) is 23.1 Å². The normalized spacial score (nSPS) is 12.5. The van der Waals surface area contributed by atoms with E-state index < -0.39 is 25.2 Å². The molecular weight excluding hydrogens is 305 g/mol. The van der Waals surface area contributed by atoms with Crippen LogP contribution in [-0.2, 0) is 29.9 Å². The molecule has 0 saturated carbocycles. The predicted octanol–water partition coefficient (Wildman–Crippen LogP) is 1.13. The fourth-order valence-corrected chi connectivity index (χ4v) is 2.95. The molecule has 18 heavy (non-hydrogen) atoms. The van der Waals surface area contributed by atoms with E-state index >= 15 is 0 Å². The van der Waals surface area contributed by atoms with Crippen molar-refractivity contribution in [1.82, 2.24) is 0 Å². The average molecular weight is 315 g/mol. The lowest BCUT2D eigenvalue weighted by Gasteiger charge is -2.09. The van der Waals surface area contributed by atoms with E-state index in [0.29, 0.717) is 0 Å². The maximum Gasteiger partial charge on any atom is 0.697 e. The van der Waals surface area contributed by atoms with Crippen LogP contribution in [0.4, 0.5) is 0 Å². The molecule has 0 amide bonds. The average Bonchev–Trinajstić information content (AvgIpc) is 2.27. The first-order valence-electron chi connectivity index (χ1n) is 4.54. The van der Waals surface area contributed by atoms with Gasteiger partial charge in [0.05, 0.1) is 5.02 Å². The maximum absolute atomic E-state index is 11.8. The smallest absolute Gasteiger partial charge is 0.326 e. The zero-order chi connectivity index (χ0) is 13.8. The first kappa shape index (κ1) is 15.5. The number of rotatable bonds is 6. The van der Waals surface area contributed by atoms with Crippen molar-refractivity contribution in [1.29, 1.82) is 0 Å². The molecule has 0 aliphatic heterocycles. The van der Waals surface area contributed by atoms with Crippen LogP contribution in [0, 0.1) is 0 Å². The number of nitrogens with two attached hydrogens (primary N) is 1. The monoisotopic (exact) mass is 314 g/mol. The highest BCUT2D eigenvalue weighted by molar-refractivity contribution is 7.87. The van der Waals surface area contributed by atoms with Gasteiger partial charge in [-0.25, -0.2) is 4.18 Å². The number of halogens is 1. The standard InChI is InChI=1S/C8H9ClNO6PS/c9-7-3-1-2-6(4-10)8(7)18(13,14)16-5-15-17(11)12/h1-3H,4-5,10H2/p+1. The van der Waals surface area contributed by atoms with Gasteiger partial charge in [0, 0.05) is 11.1 Å². The third-order valence-electron chi connectivity index (χ3n) is 1.88. The Labute approximate surface area is 110 Å². The number of hydrogen-bond donors (Lipinski definition) is 2. The van der Waals surface area contributed by atoms with E-state index in [-0.39, 0.29) is 22.0 Å². The van der Waals surface area contributed by atoms with Crippen molar-refractivity contribution >= 4 is 30.0 Å². The molecule has 0 aliphatic carbocycles. The molecule has 10 heteroatoms. The van der Waals surface area contributed by atoms with Crippen molar-refractivity contribution in [2.45, 2.75) is 11.4 Å². The van der Waals surface area contributed by atoms with Crippen LogP contribution in [-0.4, -0.2) is 20.1 Å². The molecule has 3 N–H and O–H groups in total. The largest absolute Gasteiger partial charge is 0.697 e. The van der Waals surface area contributed by atoms with E-state index in [2.05, 4.69) is 8.71 Å². The second-order valence-corrected chi connectivity index (χ2v) is 5.68. The molecule has 1 aromatic carbocycles. The molecule has 0 radical (unpaired) electrons. The molecular formula is C8H10ClNO6PS+. The van der Waals surface area contributed by atoms with E-state index in [4.69, 9.17) is 22.2 Å². The summed E-state index contributed by atoms with van der Waals surface area (Å²) in [5, 5.41) is -0.0497. The predicted molar refractivity (Wildman–Crippen MR) is 63.4 cm³/mol. The van der Waals surface area contributed by atoms with Gasteiger partial charge in [0.1, 0.15) is 4.90 Å². The molecule has 0 fully saturated rings. The molecule has 0 saturated heterocycles. The third-order valence-corrected chi connectivity index (χ3v) is 4.03. The fourth-order valence-electron chi connectivity index (χ4n) is 1.18. The summed E-state index contributed by atoms with van der Waals surface area (Å²) in [5.74, 6) is 0. The van der Waals surface area contributed by atoms with E-state index in [1.54, 1.807) is 6.07 Å². The Kier molecular flexibility index (Phi) is 5.61. The summed E-state index contributed by atoms with van der Waals surface area (Å²) >= 11 is 5.77. The Morgan fingerprint density at radius 1 is 1.44 bits per heavy atom. The van der Waals surface area contributed by atoms with Crippen LogP contribution >= 0.6 is 19.9 Å². The molecule has 0 bridgehead atoms. The quantitative estimate of drug-likeness (QED) is 0.459. The van der Waals surface area contributed by atoms with E-state index in [9.17, 15) is 13.0 Å². The van der Waals surface area contributed by atoms with Crippen LogP contribution in [0.2, 0.25) is 5.02 Å². The van der Waals surface area contributed by atoms with Gasteiger partial charge in [0.2, 0.25) is 6.79 Å². The lowest BCUT2D eigenvalue weighted by molar-refractivity contribution is 0.121. The number of benzene rings is 1. The highest BCUT2D eigenvalue weighted by Gasteiger charge is 2.24. The molecule has 7 nitrogen and oxygen atoms in total. The van der Waals surface area contributed by atoms with Crippen LogP contribution in [0.25, 0.3) is 0 Å². The van der Waals surface area contributed by atoms with Crippen molar-refractivity contribution in [3.05, 3.63) is 28.8 Å². The highest BCUT2D eigenvalue weighted by atomic mass is 35.5. The van der Waals surface area contributed by atoms with Crippen molar-refractivity contribution < 1.29 is 26.6 Å². The molecule has 1 rings (SSSR count). The zero-order valence-corrected chi connectivity index (χ0v) is 11.4. The molecule has 0 aliphatic rings. The molecule has 1 unspecified atom stereocenters. The Bertz CT molecular complexity index is 549. The van der Waals surface area contributed by atoms with Gasteiger partial charge in [0.25, 0.3) is 0 Å². The third kappa shape index (κ3) is 3.96. The number of hydrogen-bond acceptors (Lipinski definition) is 6. The SMILES string of the molecule is NCc1cccc(Cl)c1S(=O)(=O)OCO[P+](=O)O. The summed E-state index contributed by atoms with van der Waals surface area (Å²) in [6.45, 7) is -0.934. The maximum atomic E-state index is 11.8. The van der Waals surface area contributed by atoms with Crippen LogP contribution in [0.5, 0.6) is 0 Å². The lowest BCUT2D eigenvalue weighted by atomic mass is 10.2. The molecule has 1 atom stereocenters. The van der Waals surface area contributed by atoms with E-state index in [0.717, 1.165) is 0 Å². The summed E-state index contributed by atoms with van der Waals surface area (Å²) in [4.78, 5) is 8.07. The van der Waals surface area contributed by atoms with Crippen molar-refractivity contribution in [3.8, 4) is 0 Å². The highest BCUT2D eigenvalue weighted by Crippen LogP contribution is 2.27. The molecule has 1 aromatic rings. The second kappa shape index (κ2) is 6.53. The zero-order valence-electron chi connectivity index (χ0n) is 8.95. The minimum absolute atomic E-state index is 0.0480. The van der Waals surface area contributed by atoms with Crippen molar-refractivity contribution in [2.75, 3.05) is 6.79 Å². The lowest BCUT2D eigenvalue weighted by Crippen LogP contribution is -2.13. The van der Waals surface area contributed by atoms with Gasteiger partial charge >= 0.3 is 18.4 Å². The summed E-state index contributed by atoms with van der Waals surface area (Å²) in [6.07, 6.45) is 0. The van der Waals surface area contributed by atoms with Crippen molar-refractivity contribution in [3.63, 3.8) is 0 Å². The van der Waals surface area contributed by atoms with Gasteiger partial charge in [-0.2, -0.15) is 8.42 Å². The minimum atomic E-state index is -4.21. The Morgan fingerprint density at radius 3 is 2.67 bits per heavy atom. The molecule has 0 spiro atoms. The van der Waals surface area contributed by atoms with Crippen LogP contribution < -0.4 is 5.73 Å². The van der Waals surface area contributed by atoms with Crippen LogP contribution in [0.3, 0.4) is 0 Å². The van der Waals surface area contributed by atoms with Crippen molar-refractivity contribution in [2.24, 2.45) is 5.73 Å². The topological polar surface area (TPSA) is 116 Å². The summed E-state index contributed by atoms with van der Waals surface area (Å²) in [5.41, 5.74) is 5.67. The Hall–Kier alpha value is -0.600. The second-order valence-electron chi connectivity index (χ2n) is 2.99. The fraction of sp³-hybridized carbons (Fsp3) is 0.250. The summed E-state index contributed by atoms with van der Waals surface area (Å²) < 4.78 is 42.3. The van der Waals surface area contributed by atoms with Gasteiger partial charge < -0.3 is 5.73 Å².